The molecule has 6 nitrogen and oxygen atoms in total. The summed E-state index contributed by atoms with van der Waals surface area (Å²) in [5, 5.41) is 3.13. The standard InChI is InChI=1S/C27H35N3O3/c1-8-33-25-11-18(4)22(13-23(25)17(2)3)12-19(5)29-27(31)21-9-10-24(26(14-21)32-7)30-15-20(6)28-16-30/h9-11,13-17,19H,8,12H2,1-7H3,(H,29,31). The van der Waals surface area contributed by atoms with Crippen molar-refractivity contribution in [2.75, 3.05) is 13.7 Å². The molecule has 1 N–H and O–H groups in total. The summed E-state index contributed by atoms with van der Waals surface area (Å²) >= 11 is 0. The number of nitrogens with zero attached hydrogens (tertiary/aromatic N) is 2. The molecule has 6 heteroatoms. The van der Waals surface area contributed by atoms with E-state index in [4.69, 9.17) is 9.47 Å². The fourth-order valence-corrected chi connectivity index (χ4v) is 3.97. The van der Waals surface area contributed by atoms with E-state index in [2.05, 4.69) is 43.2 Å². The van der Waals surface area contributed by atoms with Crippen LogP contribution in [-0.4, -0.2) is 35.2 Å². The quantitative estimate of drug-likeness (QED) is 0.476. The Labute approximate surface area is 197 Å². The van der Waals surface area contributed by atoms with Crippen LogP contribution in [0.15, 0.2) is 42.9 Å². The summed E-state index contributed by atoms with van der Waals surface area (Å²) in [5.41, 5.74) is 5.91. The number of methoxy groups -OCH3 is 1. The first kappa shape index (κ1) is 24.4. The van der Waals surface area contributed by atoms with Crippen molar-refractivity contribution in [1.82, 2.24) is 14.9 Å². The van der Waals surface area contributed by atoms with Crippen LogP contribution in [0.25, 0.3) is 5.69 Å². The molecular formula is C27H35N3O3. The van der Waals surface area contributed by atoms with Gasteiger partial charge in [-0.15, -0.1) is 0 Å². The average molecular weight is 450 g/mol. The van der Waals surface area contributed by atoms with Crippen molar-refractivity contribution in [2.24, 2.45) is 0 Å². The van der Waals surface area contributed by atoms with Crippen LogP contribution in [-0.2, 0) is 6.42 Å². The maximum Gasteiger partial charge on any atom is 0.251 e. The van der Waals surface area contributed by atoms with Gasteiger partial charge in [0, 0.05) is 17.8 Å². The third kappa shape index (κ3) is 5.75. The van der Waals surface area contributed by atoms with Crippen molar-refractivity contribution in [1.29, 1.82) is 0 Å². The summed E-state index contributed by atoms with van der Waals surface area (Å²) in [4.78, 5) is 17.2. The Morgan fingerprint density at radius 2 is 1.88 bits per heavy atom. The number of ether oxygens (including phenoxy) is 2. The van der Waals surface area contributed by atoms with Crippen LogP contribution in [0, 0.1) is 13.8 Å². The first-order valence-corrected chi connectivity index (χ1v) is 11.5. The lowest BCUT2D eigenvalue weighted by Gasteiger charge is -2.20. The van der Waals surface area contributed by atoms with Gasteiger partial charge in [0.2, 0.25) is 0 Å². The molecule has 0 fully saturated rings. The summed E-state index contributed by atoms with van der Waals surface area (Å²) in [6.07, 6.45) is 4.40. The van der Waals surface area contributed by atoms with E-state index in [0.29, 0.717) is 23.8 Å². The van der Waals surface area contributed by atoms with Gasteiger partial charge >= 0.3 is 0 Å². The SMILES string of the molecule is CCOc1cc(C)c(CC(C)NC(=O)c2ccc(-n3cnc(C)c3)c(OC)c2)cc1C(C)C. The molecule has 1 unspecified atom stereocenters. The molecular weight excluding hydrogens is 414 g/mol. The summed E-state index contributed by atoms with van der Waals surface area (Å²) in [7, 11) is 1.61. The van der Waals surface area contributed by atoms with Gasteiger partial charge in [-0.1, -0.05) is 19.9 Å². The average Bonchev–Trinajstić information content (AvgIpc) is 3.21. The highest BCUT2D eigenvalue weighted by Gasteiger charge is 2.17. The molecule has 3 aromatic rings. The van der Waals surface area contributed by atoms with Gasteiger partial charge in [-0.2, -0.15) is 0 Å². The second-order valence-electron chi connectivity index (χ2n) is 8.79. The smallest absolute Gasteiger partial charge is 0.251 e. The van der Waals surface area contributed by atoms with Crippen LogP contribution in [0.1, 0.15) is 66.4 Å². The number of amides is 1. The fourth-order valence-electron chi connectivity index (χ4n) is 3.97. The van der Waals surface area contributed by atoms with E-state index in [1.165, 1.54) is 16.7 Å². The molecule has 176 valence electrons. The summed E-state index contributed by atoms with van der Waals surface area (Å²) in [6.45, 7) is 13.0. The van der Waals surface area contributed by atoms with Gasteiger partial charge < -0.3 is 19.4 Å². The molecule has 0 aliphatic carbocycles. The van der Waals surface area contributed by atoms with Crippen molar-refractivity contribution < 1.29 is 14.3 Å². The van der Waals surface area contributed by atoms with Crippen molar-refractivity contribution in [3.8, 4) is 17.2 Å². The molecule has 33 heavy (non-hydrogen) atoms. The van der Waals surface area contributed by atoms with Crippen molar-refractivity contribution >= 4 is 5.91 Å². The zero-order chi connectivity index (χ0) is 24.1. The van der Waals surface area contributed by atoms with E-state index < -0.39 is 0 Å². The first-order chi connectivity index (χ1) is 15.7. The lowest BCUT2D eigenvalue weighted by molar-refractivity contribution is 0.0939. The summed E-state index contributed by atoms with van der Waals surface area (Å²) in [6, 6.07) is 9.77. The number of rotatable bonds is 9. The van der Waals surface area contributed by atoms with E-state index in [1.807, 2.05) is 43.7 Å². The first-order valence-electron chi connectivity index (χ1n) is 11.5. The molecule has 0 saturated heterocycles. The third-order valence-electron chi connectivity index (χ3n) is 5.73. The number of carbonyl (C=O) groups excluding carboxylic acids is 1. The summed E-state index contributed by atoms with van der Waals surface area (Å²) in [5.74, 6) is 1.81. The van der Waals surface area contributed by atoms with Gasteiger partial charge in [0.25, 0.3) is 5.91 Å². The van der Waals surface area contributed by atoms with Gasteiger partial charge in [0.1, 0.15) is 11.5 Å². The van der Waals surface area contributed by atoms with Gasteiger partial charge in [0.15, 0.2) is 0 Å². The van der Waals surface area contributed by atoms with E-state index in [9.17, 15) is 4.79 Å². The van der Waals surface area contributed by atoms with Crippen LogP contribution < -0.4 is 14.8 Å². The van der Waals surface area contributed by atoms with E-state index >= 15 is 0 Å². The molecule has 1 atom stereocenters. The molecule has 0 aliphatic heterocycles. The van der Waals surface area contributed by atoms with E-state index in [-0.39, 0.29) is 11.9 Å². The second-order valence-corrected chi connectivity index (χ2v) is 8.79. The van der Waals surface area contributed by atoms with E-state index in [1.54, 1.807) is 19.5 Å². The zero-order valence-corrected chi connectivity index (χ0v) is 20.7. The Hall–Kier alpha value is -3.28. The Morgan fingerprint density at radius 1 is 1.12 bits per heavy atom. The van der Waals surface area contributed by atoms with Crippen molar-refractivity contribution in [3.63, 3.8) is 0 Å². The molecule has 0 radical (unpaired) electrons. The second kappa shape index (κ2) is 10.6. The van der Waals surface area contributed by atoms with Crippen molar-refractivity contribution in [2.45, 2.75) is 59.9 Å². The molecule has 0 aliphatic rings. The van der Waals surface area contributed by atoms with Crippen molar-refractivity contribution in [3.05, 3.63) is 70.8 Å². The predicted molar refractivity (Wildman–Crippen MR) is 132 cm³/mol. The van der Waals surface area contributed by atoms with Crippen LogP contribution in [0.3, 0.4) is 0 Å². The Bertz CT molecular complexity index is 1120. The molecule has 3 rings (SSSR count). The minimum absolute atomic E-state index is 0.0314. The monoisotopic (exact) mass is 449 g/mol. The third-order valence-corrected chi connectivity index (χ3v) is 5.73. The number of imidazole rings is 1. The largest absolute Gasteiger partial charge is 0.495 e. The maximum absolute atomic E-state index is 13.0. The highest BCUT2D eigenvalue weighted by Crippen LogP contribution is 2.30. The Balaban J connectivity index is 1.75. The minimum atomic E-state index is -0.123. The van der Waals surface area contributed by atoms with Gasteiger partial charge in [-0.3, -0.25) is 4.79 Å². The maximum atomic E-state index is 13.0. The lowest BCUT2D eigenvalue weighted by atomic mass is 9.93. The molecule has 2 aromatic carbocycles. The van der Waals surface area contributed by atoms with Crippen LogP contribution >= 0.6 is 0 Å². The number of aromatic nitrogens is 2. The van der Waals surface area contributed by atoms with Gasteiger partial charge in [-0.25, -0.2) is 4.98 Å². The number of hydrogen-bond acceptors (Lipinski definition) is 4. The predicted octanol–water partition coefficient (Wildman–Crippen LogP) is 5.38. The molecule has 0 bridgehead atoms. The van der Waals surface area contributed by atoms with E-state index in [0.717, 1.165) is 23.6 Å². The zero-order valence-electron chi connectivity index (χ0n) is 20.7. The number of benzene rings is 2. The molecule has 1 amide bonds. The molecule has 0 spiro atoms. The normalized spacial score (nSPS) is 12.0. The van der Waals surface area contributed by atoms with Gasteiger partial charge in [0.05, 0.1) is 31.4 Å². The minimum Gasteiger partial charge on any atom is -0.495 e. The lowest BCUT2D eigenvalue weighted by Crippen LogP contribution is -2.34. The molecule has 0 saturated carbocycles. The fraction of sp³-hybridized carbons (Fsp3) is 0.407. The topological polar surface area (TPSA) is 65.4 Å². The Morgan fingerprint density at radius 3 is 2.48 bits per heavy atom. The highest BCUT2D eigenvalue weighted by atomic mass is 16.5. The Kier molecular flexibility index (Phi) is 7.79. The molecule has 1 heterocycles. The van der Waals surface area contributed by atoms with Crippen LogP contribution in [0.4, 0.5) is 0 Å². The number of carbonyl (C=O) groups is 1. The number of hydrogen-bond donors (Lipinski definition) is 1. The van der Waals surface area contributed by atoms with Crippen LogP contribution in [0.5, 0.6) is 11.5 Å². The molecule has 1 aromatic heterocycles. The number of aryl methyl sites for hydroxylation is 2. The van der Waals surface area contributed by atoms with Gasteiger partial charge in [-0.05, 0) is 81.0 Å². The van der Waals surface area contributed by atoms with Crippen LogP contribution in [0.2, 0.25) is 0 Å². The number of nitrogens with one attached hydrogen (secondary N) is 1. The highest BCUT2D eigenvalue weighted by molar-refractivity contribution is 5.95. The summed E-state index contributed by atoms with van der Waals surface area (Å²) < 4.78 is 13.3.